The van der Waals surface area contributed by atoms with Crippen molar-refractivity contribution in [3.8, 4) is 11.3 Å². The minimum absolute atomic E-state index is 0.0308. The highest BCUT2D eigenvalue weighted by molar-refractivity contribution is 5.94. The van der Waals surface area contributed by atoms with Crippen LogP contribution in [0.5, 0.6) is 0 Å². The molecule has 1 aliphatic carbocycles. The summed E-state index contributed by atoms with van der Waals surface area (Å²) in [5, 5.41) is 22.2. The number of benzene rings is 1. The van der Waals surface area contributed by atoms with E-state index in [1.165, 1.54) is 45.3 Å². The number of carbonyl (C=O) groups excluding carboxylic acids is 1. The van der Waals surface area contributed by atoms with Crippen LogP contribution in [0.3, 0.4) is 0 Å². The third kappa shape index (κ3) is 5.26. The molecule has 3 aliphatic heterocycles. The number of aliphatic hydroxyl groups excluding tert-OH is 1. The monoisotopic (exact) mass is 491 g/mol. The van der Waals surface area contributed by atoms with E-state index in [1.54, 1.807) is 4.90 Å². The van der Waals surface area contributed by atoms with Crippen molar-refractivity contribution in [2.24, 2.45) is 17.8 Å². The van der Waals surface area contributed by atoms with Gasteiger partial charge in [-0.2, -0.15) is 0 Å². The standard InChI is InChI=1S/C28H37N5O3/c34-25-7-10-33(18-25)28(35)21-3-1-20(2-4-21)26-5-6-27(31-30-26)29-24-13-22-16-32(17-23(22)14-24)15-19-8-11-36-12-9-19/h1-6,19,22-25,34H,7-18H2,(H,29,31)/t22-,23+,24?,25?. The van der Waals surface area contributed by atoms with Crippen LogP contribution in [-0.2, 0) is 4.74 Å². The lowest BCUT2D eigenvalue weighted by Gasteiger charge is -2.27. The number of fused-ring (bicyclic) bond motifs is 1. The lowest BCUT2D eigenvalue weighted by atomic mass is 10.00. The van der Waals surface area contributed by atoms with Crippen LogP contribution in [0.2, 0.25) is 0 Å². The molecule has 192 valence electrons. The van der Waals surface area contributed by atoms with Crippen LogP contribution in [0.25, 0.3) is 11.3 Å². The summed E-state index contributed by atoms with van der Waals surface area (Å²) in [4.78, 5) is 17.0. The highest BCUT2D eigenvalue weighted by atomic mass is 16.5. The zero-order valence-electron chi connectivity index (χ0n) is 20.9. The zero-order chi connectivity index (χ0) is 24.5. The molecule has 4 aliphatic rings. The largest absolute Gasteiger partial charge is 0.391 e. The lowest BCUT2D eigenvalue weighted by molar-refractivity contribution is 0.0545. The second-order valence-corrected chi connectivity index (χ2v) is 11.2. The number of hydrogen-bond acceptors (Lipinski definition) is 7. The maximum absolute atomic E-state index is 12.6. The average Bonchev–Trinajstić information content (AvgIpc) is 3.60. The van der Waals surface area contributed by atoms with Crippen molar-refractivity contribution in [1.82, 2.24) is 20.0 Å². The van der Waals surface area contributed by atoms with E-state index in [-0.39, 0.29) is 5.91 Å². The van der Waals surface area contributed by atoms with E-state index in [2.05, 4.69) is 20.4 Å². The van der Waals surface area contributed by atoms with Crippen molar-refractivity contribution in [2.75, 3.05) is 51.3 Å². The number of likely N-dealkylation sites (tertiary alicyclic amines) is 2. The maximum atomic E-state index is 12.6. The van der Waals surface area contributed by atoms with Crippen LogP contribution in [0.1, 0.15) is 42.5 Å². The van der Waals surface area contributed by atoms with Crippen molar-refractivity contribution < 1.29 is 14.6 Å². The van der Waals surface area contributed by atoms with E-state index < -0.39 is 6.10 Å². The first-order valence-electron chi connectivity index (χ1n) is 13.6. The molecule has 8 heteroatoms. The number of carbonyl (C=O) groups is 1. The number of anilines is 1. The van der Waals surface area contributed by atoms with Crippen molar-refractivity contribution in [3.05, 3.63) is 42.0 Å². The van der Waals surface area contributed by atoms with Crippen LogP contribution in [0, 0.1) is 17.8 Å². The number of rotatable bonds is 6. The second kappa shape index (κ2) is 10.4. The van der Waals surface area contributed by atoms with E-state index in [9.17, 15) is 9.90 Å². The van der Waals surface area contributed by atoms with Gasteiger partial charge in [-0.3, -0.25) is 4.79 Å². The lowest BCUT2D eigenvalue weighted by Crippen LogP contribution is -2.32. The van der Waals surface area contributed by atoms with Gasteiger partial charge >= 0.3 is 0 Å². The van der Waals surface area contributed by atoms with Crippen LogP contribution in [0.4, 0.5) is 5.82 Å². The van der Waals surface area contributed by atoms with Gasteiger partial charge in [0.2, 0.25) is 0 Å². The minimum Gasteiger partial charge on any atom is -0.391 e. The fourth-order valence-electron chi connectivity index (χ4n) is 6.62. The van der Waals surface area contributed by atoms with E-state index in [0.29, 0.717) is 31.1 Å². The van der Waals surface area contributed by atoms with Crippen molar-refractivity contribution in [3.63, 3.8) is 0 Å². The molecular formula is C28H37N5O3. The van der Waals surface area contributed by atoms with Gasteiger partial charge in [-0.1, -0.05) is 12.1 Å². The summed E-state index contributed by atoms with van der Waals surface area (Å²) < 4.78 is 5.52. The highest BCUT2D eigenvalue weighted by Gasteiger charge is 2.41. The number of amides is 1. The van der Waals surface area contributed by atoms with E-state index in [4.69, 9.17) is 4.74 Å². The summed E-state index contributed by atoms with van der Waals surface area (Å²) in [5.74, 6) is 3.20. The Bertz CT molecular complexity index is 1030. The van der Waals surface area contributed by atoms with Crippen LogP contribution < -0.4 is 5.32 Å². The number of nitrogens with one attached hydrogen (secondary N) is 1. The van der Waals surface area contributed by atoms with E-state index >= 15 is 0 Å². The minimum atomic E-state index is -0.406. The van der Waals surface area contributed by atoms with E-state index in [1.807, 2.05) is 36.4 Å². The first kappa shape index (κ1) is 23.8. The topological polar surface area (TPSA) is 90.8 Å². The van der Waals surface area contributed by atoms with Gasteiger partial charge < -0.3 is 25.0 Å². The summed E-state index contributed by atoms with van der Waals surface area (Å²) in [7, 11) is 0. The van der Waals surface area contributed by atoms with Gasteiger partial charge in [-0.25, -0.2) is 0 Å². The smallest absolute Gasteiger partial charge is 0.253 e. The highest BCUT2D eigenvalue weighted by Crippen LogP contribution is 2.39. The second-order valence-electron chi connectivity index (χ2n) is 11.2. The SMILES string of the molecule is O=C(c1ccc(-c2ccc(NC3C[C@@H]4CN(CC5CCOCC5)C[C@@H]4C3)nn2)cc1)N1CCC(O)C1. The van der Waals surface area contributed by atoms with Gasteiger partial charge in [0.1, 0.15) is 5.82 Å². The Kier molecular flexibility index (Phi) is 6.91. The third-order valence-electron chi connectivity index (χ3n) is 8.58. The predicted molar refractivity (Wildman–Crippen MR) is 138 cm³/mol. The fourth-order valence-corrected chi connectivity index (χ4v) is 6.62. The van der Waals surface area contributed by atoms with Gasteiger partial charge in [-0.15, -0.1) is 10.2 Å². The van der Waals surface area contributed by atoms with E-state index in [0.717, 1.165) is 48.0 Å². The molecule has 3 saturated heterocycles. The summed E-state index contributed by atoms with van der Waals surface area (Å²) in [5.41, 5.74) is 2.37. The molecule has 0 bridgehead atoms. The molecule has 2 aromatic rings. The molecule has 1 saturated carbocycles. The molecule has 4 heterocycles. The Balaban J connectivity index is 0.994. The third-order valence-corrected chi connectivity index (χ3v) is 8.58. The number of aromatic nitrogens is 2. The number of β-amino-alcohol motifs (C(OH)–C–C–N with tert-alkyl or cyclic N) is 1. The number of hydrogen-bond donors (Lipinski definition) is 2. The normalized spacial score (nSPS) is 29.0. The molecule has 36 heavy (non-hydrogen) atoms. The van der Waals surface area contributed by atoms with Crippen molar-refractivity contribution in [2.45, 2.75) is 44.2 Å². The van der Waals surface area contributed by atoms with Crippen molar-refractivity contribution >= 4 is 11.7 Å². The Morgan fingerprint density at radius 1 is 0.972 bits per heavy atom. The fraction of sp³-hybridized carbons (Fsp3) is 0.607. The van der Waals surface area contributed by atoms with Gasteiger partial charge in [0.15, 0.2) is 0 Å². The Labute approximate surface area is 213 Å². The summed E-state index contributed by atoms with van der Waals surface area (Å²) >= 11 is 0. The molecule has 1 aromatic heterocycles. The first-order chi connectivity index (χ1) is 17.6. The quantitative estimate of drug-likeness (QED) is 0.642. The zero-order valence-corrected chi connectivity index (χ0v) is 20.9. The summed E-state index contributed by atoms with van der Waals surface area (Å²) in [6.07, 6.45) is 5.10. The number of ether oxygens (including phenoxy) is 1. The molecule has 8 nitrogen and oxygen atoms in total. The van der Waals surface area contributed by atoms with Gasteiger partial charge in [0, 0.05) is 63.1 Å². The molecule has 2 N–H and O–H groups in total. The van der Waals surface area contributed by atoms with Gasteiger partial charge in [0.25, 0.3) is 5.91 Å². The van der Waals surface area contributed by atoms with Gasteiger partial charge in [0.05, 0.1) is 11.8 Å². The molecule has 0 spiro atoms. The number of aliphatic hydroxyl groups is 1. The maximum Gasteiger partial charge on any atom is 0.253 e. The molecular weight excluding hydrogens is 454 g/mol. The van der Waals surface area contributed by atoms with Gasteiger partial charge in [-0.05, 0) is 74.1 Å². The number of nitrogens with zero attached hydrogens (tertiary/aromatic N) is 4. The predicted octanol–water partition coefficient (Wildman–Crippen LogP) is 2.90. The van der Waals surface area contributed by atoms with Crippen LogP contribution in [0.15, 0.2) is 36.4 Å². The molecule has 4 atom stereocenters. The average molecular weight is 492 g/mol. The summed E-state index contributed by atoms with van der Waals surface area (Å²) in [6, 6.07) is 12.0. The summed E-state index contributed by atoms with van der Waals surface area (Å²) in [6.45, 7) is 6.62. The molecule has 1 aromatic carbocycles. The molecule has 6 rings (SSSR count). The first-order valence-corrected chi connectivity index (χ1v) is 13.6. The van der Waals surface area contributed by atoms with Crippen LogP contribution in [-0.4, -0.2) is 89.1 Å². The molecule has 1 amide bonds. The Morgan fingerprint density at radius 2 is 1.72 bits per heavy atom. The molecule has 0 radical (unpaired) electrons. The Hall–Kier alpha value is -2.55. The van der Waals surface area contributed by atoms with Crippen LogP contribution >= 0.6 is 0 Å². The van der Waals surface area contributed by atoms with Crippen molar-refractivity contribution in [1.29, 1.82) is 0 Å². The Morgan fingerprint density at radius 3 is 2.36 bits per heavy atom. The molecule has 2 unspecified atom stereocenters. The molecule has 4 fully saturated rings.